The molecule has 0 bridgehead atoms. The molecule has 0 saturated heterocycles. The second-order valence-electron chi connectivity index (χ2n) is 5.32. The van der Waals surface area contributed by atoms with Crippen molar-refractivity contribution < 1.29 is 13.6 Å². The third-order valence-corrected chi connectivity index (χ3v) is 5.26. The first-order valence-corrected chi connectivity index (χ1v) is 8.86. The minimum absolute atomic E-state index is 0.113. The molecule has 0 aliphatic carbocycles. The highest BCUT2D eigenvalue weighted by molar-refractivity contribution is 6.52. The molecule has 0 fully saturated rings. The van der Waals surface area contributed by atoms with Gasteiger partial charge in [0.1, 0.15) is 22.5 Å². The summed E-state index contributed by atoms with van der Waals surface area (Å²) >= 11 is 23.6. The highest BCUT2D eigenvalue weighted by atomic mass is 35.5. The summed E-state index contributed by atoms with van der Waals surface area (Å²) in [5.74, 6) is -2.65. The van der Waals surface area contributed by atoms with Gasteiger partial charge in [-0.2, -0.15) is 0 Å². The predicted octanol–water partition coefficient (Wildman–Crippen LogP) is 6.89. The van der Waals surface area contributed by atoms with Crippen molar-refractivity contribution in [2.45, 2.75) is 0 Å². The van der Waals surface area contributed by atoms with Gasteiger partial charge in [0.2, 0.25) is 0 Å². The molecule has 0 aliphatic heterocycles. The van der Waals surface area contributed by atoms with Gasteiger partial charge in [-0.25, -0.2) is 13.8 Å². The second kappa shape index (κ2) is 7.98. The van der Waals surface area contributed by atoms with Gasteiger partial charge in [-0.3, -0.25) is 4.79 Å². The first kappa shape index (κ1) is 19.8. The molecule has 9 heteroatoms. The van der Waals surface area contributed by atoms with Crippen molar-refractivity contribution in [3.63, 3.8) is 0 Å². The van der Waals surface area contributed by atoms with E-state index >= 15 is 0 Å². The Morgan fingerprint density at radius 3 is 2.26 bits per heavy atom. The molecule has 1 N–H and O–H groups in total. The Balaban J connectivity index is 2.08. The molecule has 3 nitrogen and oxygen atoms in total. The van der Waals surface area contributed by atoms with Crippen molar-refractivity contribution >= 4 is 58.0 Å². The topological polar surface area (TPSA) is 42.0 Å². The molecule has 27 heavy (non-hydrogen) atoms. The summed E-state index contributed by atoms with van der Waals surface area (Å²) in [5, 5.41) is 1.59. The number of benzene rings is 2. The lowest BCUT2D eigenvalue weighted by Crippen LogP contribution is -2.16. The van der Waals surface area contributed by atoms with Gasteiger partial charge in [0, 0.05) is 11.6 Å². The zero-order valence-electron chi connectivity index (χ0n) is 13.2. The number of aromatic nitrogens is 1. The molecular formula is C18H8Cl4F2N2O. The largest absolute Gasteiger partial charge is 0.318 e. The maximum Gasteiger partial charge on any atom is 0.276 e. The quantitative estimate of drug-likeness (QED) is 0.444. The molecule has 0 saturated carbocycles. The smallest absolute Gasteiger partial charge is 0.276 e. The van der Waals surface area contributed by atoms with Crippen molar-refractivity contribution in [3.05, 3.63) is 80.0 Å². The molecule has 0 radical (unpaired) electrons. The van der Waals surface area contributed by atoms with Gasteiger partial charge in [-0.05, 0) is 11.6 Å². The standard InChI is InChI=1S/C18H8Cl4F2N2O/c19-12-13(20)16(25-17(22)14(12)21)18(27)26-15-10(6-9(23)7-11(15)24)8-4-2-1-3-5-8/h1-7H,(H,26,27). The summed E-state index contributed by atoms with van der Waals surface area (Å²) in [6.45, 7) is 0. The normalized spacial score (nSPS) is 10.7. The van der Waals surface area contributed by atoms with Crippen LogP contribution in [0.2, 0.25) is 20.2 Å². The van der Waals surface area contributed by atoms with E-state index in [0.29, 0.717) is 11.6 Å². The van der Waals surface area contributed by atoms with Crippen molar-refractivity contribution in [1.82, 2.24) is 4.98 Å². The van der Waals surface area contributed by atoms with Crippen molar-refractivity contribution in [2.75, 3.05) is 5.32 Å². The number of amides is 1. The molecule has 3 rings (SSSR count). The van der Waals surface area contributed by atoms with Crippen LogP contribution in [0, 0.1) is 11.6 Å². The Bertz CT molecular complexity index is 1050. The minimum atomic E-state index is -0.968. The van der Waals surface area contributed by atoms with E-state index in [0.717, 1.165) is 6.07 Å². The molecule has 1 heterocycles. The zero-order chi connectivity index (χ0) is 19.7. The molecule has 0 spiro atoms. The van der Waals surface area contributed by atoms with E-state index in [1.54, 1.807) is 30.3 Å². The SMILES string of the molecule is O=C(Nc1c(F)cc(F)cc1-c1ccccc1)c1nc(Cl)c(Cl)c(Cl)c1Cl. The van der Waals surface area contributed by atoms with E-state index in [1.165, 1.54) is 0 Å². The third-order valence-electron chi connectivity index (χ3n) is 3.58. The van der Waals surface area contributed by atoms with Crippen LogP contribution in [0.15, 0.2) is 42.5 Å². The number of hydrogen-bond donors (Lipinski definition) is 1. The van der Waals surface area contributed by atoms with Gasteiger partial charge >= 0.3 is 0 Å². The number of halogens is 6. The van der Waals surface area contributed by atoms with E-state index < -0.39 is 17.5 Å². The van der Waals surface area contributed by atoms with Gasteiger partial charge in [0.15, 0.2) is 0 Å². The maximum absolute atomic E-state index is 14.4. The molecular weight excluding hydrogens is 440 g/mol. The number of carbonyl (C=O) groups excluding carboxylic acids is 1. The van der Waals surface area contributed by atoms with E-state index in [4.69, 9.17) is 46.4 Å². The summed E-state index contributed by atoms with van der Waals surface area (Å²) in [5.41, 5.74) is 0.0487. The second-order valence-corrected chi connectivity index (χ2v) is 6.82. The van der Waals surface area contributed by atoms with Crippen LogP contribution >= 0.6 is 46.4 Å². The highest BCUT2D eigenvalue weighted by Crippen LogP contribution is 2.37. The summed E-state index contributed by atoms with van der Waals surface area (Å²) in [4.78, 5) is 16.4. The lowest BCUT2D eigenvalue weighted by atomic mass is 10.0. The molecule has 3 aromatic rings. The van der Waals surface area contributed by atoms with Gasteiger partial charge in [-0.1, -0.05) is 76.7 Å². The Hall–Kier alpha value is -1.92. The molecule has 0 aliphatic rings. The monoisotopic (exact) mass is 446 g/mol. The Morgan fingerprint density at radius 2 is 1.59 bits per heavy atom. The van der Waals surface area contributed by atoms with Crippen LogP contribution < -0.4 is 5.32 Å². The van der Waals surface area contributed by atoms with Crippen LogP contribution in [0.5, 0.6) is 0 Å². The van der Waals surface area contributed by atoms with Crippen molar-refractivity contribution in [3.8, 4) is 11.1 Å². The van der Waals surface area contributed by atoms with Crippen LogP contribution in [0.4, 0.5) is 14.5 Å². The van der Waals surface area contributed by atoms with Gasteiger partial charge < -0.3 is 5.32 Å². The first-order valence-electron chi connectivity index (χ1n) is 7.35. The molecule has 0 atom stereocenters. The fourth-order valence-electron chi connectivity index (χ4n) is 2.36. The van der Waals surface area contributed by atoms with Crippen LogP contribution in [0.25, 0.3) is 11.1 Å². The molecule has 138 valence electrons. The van der Waals surface area contributed by atoms with E-state index in [1.807, 2.05) is 0 Å². The van der Waals surface area contributed by atoms with E-state index in [-0.39, 0.29) is 37.2 Å². The number of nitrogens with zero attached hydrogens (tertiary/aromatic N) is 1. The number of carbonyl (C=O) groups is 1. The average molecular weight is 448 g/mol. The lowest BCUT2D eigenvalue weighted by Gasteiger charge is -2.14. The van der Waals surface area contributed by atoms with Gasteiger partial charge in [0.05, 0.1) is 20.8 Å². The maximum atomic E-state index is 14.4. The summed E-state index contributed by atoms with van der Waals surface area (Å²) in [6.07, 6.45) is 0. The molecule has 1 aromatic heterocycles. The Morgan fingerprint density at radius 1 is 0.926 bits per heavy atom. The lowest BCUT2D eigenvalue weighted by molar-refractivity contribution is 0.102. The fourth-order valence-corrected chi connectivity index (χ4v) is 3.17. The third kappa shape index (κ3) is 4.01. The highest BCUT2D eigenvalue weighted by Gasteiger charge is 2.23. The number of nitrogens with one attached hydrogen (secondary N) is 1. The van der Waals surface area contributed by atoms with Crippen LogP contribution in [0.3, 0.4) is 0 Å². The number of pyridine rings is 1. The van der Waals surface area contributed by atoms with Gasteiger partial charge in [-0.15, -0.1) is 0 Å². The zero-order valence-corrected chi connectivity index (χ0v) is 16.2. The number of anilines is 1. The predicted molar refractivity (Wildman–Crippen MR) is 104 cm³/mol. The summed E-state index contributed by atoms with van der Waals surface area (Å²) in [6, 6.07) is 10.2. The van der Waals surface area contributed by atoms with E-state index in [2.05, 4.69) is 10.3 Å². The van der Waals surface area contributed by atoms with Crippen molar-refractivity contribution in [1.29, 1.82) is 0 Å². The molecule has 2 aromatic carbocycles. The molecule has 0 unspecified atom stereocenters. The van der Waals surface area contributed by atoms with Crippen LogP contribution in [0.1, 0.15) is 10.5 Å². The Labute approximate surface area is 172 Å². The Kier molecular flexibility index (Phi) is 5.86. The number of rotatable bonds is 3. The molecule has 1 amide bonds. The summed E-state index contributed by atoms with van der Waals surface area (Å²) in [7, 11) is 0. The van der Waals surface area contributed by atoms with Crippen molar-refractivity contribution in [2.24, 2.45) is 0 Å². The van der Waals surface area contributed by atoms with Crippen LogP contribution in [-0.4, -0.2) is 10.9 Å². The number of hydrogen-bond acceptors (Lipinski definition) is 2. The minimum Gasteiger partial charge on any atom is -0.318 e. The summed E-state index contributed by atoms with van der Waals surface area (Å²) < 4.78 is 28.1. The average Bonchev–Trinajstić information content (AvgIpc) is 2.65. The first-order chi connectivity index (χ1) is 12.8. The van der Waals surface area contributed by atoms with Gasteiger partial charge in [0.25, 0.3) is 5.91 Å². The van der Waals surface area contributed by atoms with Crippen LogP contribution in [-0.2, 0) is 0 Å². The van der Waals surface area contributed by atoms with E-state index in [9.17, 15) is 13.6 Å². The fraction of sp³-hybridized carbons (Fsp3) is 0.